The fourth-order valence-electron chi connectivity index (χ4n) is 1.54. The number of hydrogen-bond acceptors (Lipinski definition) is 4. The summed E-state index contributed by atoms with van der Waals surface area (Å²) in [6, 6.07) is -0.0547. The Labute approximate surface area is 72.2 Å². The largest absolute Gasteiger partial charge is 0.394 e. The molecule has 1 aliphatic rings. The van der Waals surface area contributed by atoms with Crippen LogP contribution in [0.1, 0.15) is 19.3 Å². The van der Waals surface area contributed by atoms with Crippen molar-refractivity contribution in [1.82, 2.24) is 5.32 Å². The highest BCUT2D eigenvalue weighted by molar-refractivity contribution is 4.82. The van der Waals surface area contributed by atoms with Crippen molar-refractivity contribution in [2.45, 2.75) is 37.5 Å². The zero-order valence-electron chi connectivity index (χ0n) is 7.11. The van der Waals surface area contributed by atoms with Gasteiger partial charge in [0.15, 0.2) is 0 Å². The summed E-state index contributed by atoms with van der Waals surface area (Å²) in [5.41, 5.74) is 0. The van der Waals surface area contributed by atoms with Gasteiger partial charge >= 0.3 is 0 Å². The van der Waals surface area contributed by atoms with Gasteiger partial charge in [-0.25, -0.2) is 0 Å². The van der Waals surface area contributed by atoms with E-state index >= 15 is 0 Å². The van der Waals surface area contributed by atoms with Crippen LogP contribution in [-0.2, 0) is 0 Å². The van der Waals surface area contributed by atoms with Crippen LogP contribution in [0.25, 0.3) is 0 Å². The molecule has 4 heteroatoms. The highest BCUT2D eigenvalue weighted by atomic mass is 16.3. The van der Waals surface area contributed by atoms with Crippen molar-refractivity contribution in [3.8, 4) is 0 Å². The number of aliphatic hydroxyl groups excluding tert-OH is 3. The molecule has 1 fully saturated rings. The third-order valence-electron chi connectivity index (χ3n) is 2.28. The van der Waals surface area contributed by atoms with Crippen molar-refractivity contribution in [3.63, 3.8) is 0 Å². The summed E-state index contributed by atoms with van der Waals surface area (Å²) in [5.74, 6) is 0. The molecule has 4 nitrogen and oxygen atoms in total. The van der Waals surface area contributed by atoms with Gasteiger partial charge in [0.05, 0.1) is 18.8 Å². The molecule has 1 heterocycles. The van der Waals surface area contributed by atoms with Gasteiger partial charge in [-0.05, 0) is 25.8 Å². The average molecular weight is 175 g/mol. The van der Waals surface area contributed by atoms with Crippen LogP contribution in [0.3, 0.4) is 0 Å². The maximum atomic E-state index is 9.46. The average Bonchev–Trinajstić information content (AvgIpc) is 2.09. The highest BCUT2D eigenvalue weighted by Crippen LogP contribution is 2.12. The predicted octanol–water partition coefficient (Wildman–Crippen LogP) is -1.16. The molecule has 0 bridgehead atoms. The topological polar surface area (TPSA) is 72.7 Å². The van der Waals surface area contributed by atoms with Gasteiger partial charge in [0, 0.05) is 6.04 Å². The van der Waals surface area contributed by atoms with Crippen molar-refractivity contribution < 1.29 is 15.3 Å². The lowest BCUT2D eigenvalue weighted by atomic mass is 9.96. The molecule has 3 atom stereocenters. The van der Waals surface area contributed by atoms with Gasteiger partial charge in [0.25, 0.3) is 0 Å². The van der Waals surface area contributed by atoms with Crippen LogP contribution in [0.4, 0.5) is 0 Å². The molecule has 0 aromatic heterocycles. The lowest BCUT2D eigenvalue weighted by Crippen LogP contribution is -2.46. The normalized spacial score (nSPS) is 33.2. The van der Waals surface area contributed by atoms with Crippen molar-refractivity contribution >= 4 is 0 Å². The van der Waals surface area contributed by atoms with E-state index in [1.165, 1.54) is 0 Å². The van der Waals surface area contributed by atoms with Gasteiger partial charge in [0.1, 0.15) is 0 Å². The summed E-state index contributed by atoms with van der Waals surface area (Å²) in [6.45, 7) is 0.658. The molecule has 1 saturated heterocycles. The maximum absolute atomic E-state index is 9.46. The number of hydrogen-bond donors (Lipinski definition) is 4. The van der Waals surface area contributed by atoms with Crippen LogP contribution in [0.15, 0.2) is 0 Å². The van der Waals surface area contributed by atoms with Gasteiger partial charge in [0.2, 0.25) is 0 Å². The molecule has 72 valence electrons. The maximum Gasteiger partial charge on any atom is 0.0786 e. The van der Waals surface area contributed by atoms with E-state index in [2.05, 4.69) is 5.32 Å². The molecule has 0 radical (unpaired) electrons. The van der Waals surface area contributed by atoms with E-state index in [-0.39, 0.29) is 18.8 Å². The van der Waals surface area contributed by atoms with Crippen molar-refractivity contribution in [1.29, 1.82) is 0 Å². The standard InChI is InChI=1S/C8H17NO3/c10-5-6(11)4-7-8(12)2-1-3-9-7/h6-12H,1-5H2/t6-,7+,8-/m1/s1. The fraction of sp³-hybridized carbons (Fsp3) is 1.00. The minimum Gasteiger partial charge on any atom is -0.394 e. The molecule has 12 heavy (non-hydrogen) atoms. The zero-order valence-corrected chi connectivity index (χ0v) is 7.11. The molecular formula is C8H17NO3. The van der Waals surface area contributed by atoms with Gasteiger partial charge in [-0.2, -0.15) is 0 Å². The van der Waals surface area contributed by atoms with E-state index in [1.807, 2.05) is 0 Å². The molecule has 0 spiro atoms. The summed E-state index contributed by atoms with van der Waals surface area (Å²) < 4.78 is 0. The predicted molar refractivity (Wildman–Crippen MR) is 44.7 cm³/mol. The Morgan fingerprint density at radius 1 is 1.50 bits per heavy atom. The van der Waals surface area contributed by atoms with Gasteiger partial charge in [-0.15, -0.1) is 0 Å². The van der Waals surface area contributed by atoms with E-state index in [0.29, 0.717) is 6.42 Å². The molecule has 0 saturated carbocycles. The molecule has 0 aliphatic carbocycles. The summed E-state index contributed by atoms with van der Waals surface area (Å²) in [6.07, 6.45) is 1.11. The Balaban J connectivity index is 2.28. The summed E-state index contributed by atoms with van der Waals surface area (Å²) >= 11 is 0. The second-order valence-corrected chi connectivity index (χ2v) is 3.34. The Kier molecular flexibility index (Phi) is 3.94. The van der Waals surface area contributed by atoms with Crippen molar-refractivity contribution in [3.05, 3.63) is 0 Å². The van der Waals surface area contributed by atoms with E-state index in [0.717, 1.165) is 19.4 Å². The third kappa shape index (κ3) is 2.71. The number of rotatable bonds is 3. The Morgan fingerprint density at radius 2 is 2.25 bits per heavy atom. The first-order valence-electron chi connectivity index (χ1n) is 4.44. The van der Waals surface area contributed by atoms with E-state index in [4.69, 9.17) is 10.2 Å². The van der Waals surface area contributed by atoms with Crippen molar-refractivity contribution in [2.24, 2.45) is 0 Å². The molecule has 0 aromatic carbocycles. The molecule has 0 aromatic rings. The molecule has 1 aliphatic heterocycles. The summed E-state index contributed by atoms with van der Waals surface area (Å²) in [7, 11) is 0. The first kappa shape index (κ1) is 9.92. The Hall–Kier alpha value is -0.160. The third-order valence-corrected chi connectivity index (χ3v) is 2.28. The van der Waals surface area contributed by atoms with Gasteiger partial charge in [-0.1, -0.05) is 0 Å². The second-order valence-electron chi connectivity index (χ2n) is 3.34. The zero-order chi connectivity index (χ0) is 8.97. The molecular weight excluding hydrogens is 158 g/mol. The van der Waals surface area contributed by atoms with Crippen LogP contribution in [0.5, 0.6) is 0 Å². The number of aliphatic hydroxyl groups is 3. The molecule has 0 amide bonds. The SMILES string of the molecule is OC[C@H](O)C[C@@H]1NCCC[C@H]1O. The van der Waals surface area contributed by atoms with Crippen molar-refractivity contribution in [2.75, 3.05) is 13.2 Å². The first-order valence-corrected chi connectivity index (χ1v) is 4.44. The van der Waals surface area contributed by atoms with Crippen LogP contribution >= 0.6 is 0 Å². The smallest absolute Gasteiger partial charge is 0.0786 e. The van der Waals surface area contributed by atoms with Crippen LogP contribution < -0.4 is 5.32 Å². The number of nitrogens with one attached hydrogen (secondary N) is 1. The molecule has 1 rings (SSSR count). The Bertz CT molecular complexity index is 131. The van der Waals surface area contributed by atoms with Crippen LogP contribution in [0.2, 0.25) is 0 Å². The summed E-state index contributed by atoms with van der Waals surface area (Å²) in [5, 5.41) is 30.3. The second kappa shape index (κ2) is 4.77. The minimum absolute atomic E-state index is 0.0547. The highest BCUT2D eigenvalue weighted by Gasteiger charge is 2.24. The summed E-state index contributed by atoms with van der Waals surface area (Å²) in [4.78, 5) is 0. The van der Waals surface area contributed by atoms with E-state index in [9.17, 15) is 5.11 Å². The first-order chi connectivity index (χ1) is 5.74. The Morgan fingerprint density at radius 3 is 2.83 bits per heavy atom. The van der Waals surface area contributed by atoms with E-state index in [1.54, 1.807) is 0 Å². The fourth-order valence-corrected chi connectivity index (χ4v) is 1.54. The monoisotopic (exact) mass is 175 g/mol. The minimum atomic E-state index is -0.713. The van der Waals surface area contributed by atoms with Gasteiger partial charge in [-0.3, -0.25) is 0 Å². The molecule has 0 unspecified atom stereocenters. The lowest BCUT2D eigenvalue weighted by Gasteiger charge is -2.30. The van der Waals surface area contributed by atoms with Crippen LogP contribution in [0, 0.1) is 0 Å². The van der Waals surface area contributed by atoms with E-state index < -0.39 is 6.10 Å². The lowest BCUT2D eigenvalue weighted by molar-refractivity contribution is 0.0363. The molecule has 4 N–H and O–H groups in total. The van der Waals surface area contributed by atoms with Crippen LogP contribution in [-0.4, -0.2) is 46.7 Å². The quantitative estimate of drug-likeness (QED) is 0.437. The van der Waals surface area contributed by atoms with Gasteiger partial charge < -0.3 is 20.6 Å². The number of piperidine rings is 1.